The Morgan fingerprint density at radius 3 is 3.21 bits per heavy atom. The van der Waals surface area contributed by atoms with Gasteiger partial charge in [-0.2, -0.15) is 5.10 Å². The van der Waals surface area contributed by atoms with Gasteiger partial charge in [-0.25, -0.2) is 14.6 Å². The number of aryl methyl sites for hydroxylation is 1. The van der Waals surface area contributed by atoms with Gasteiger partial charge in [0, 0.05) is 36.5 Å². The van der Waals surface area contributed by atoms with Crippen molar-refractivity contribution in [2.45, 2.75) is 45.4 Å². The number of fused-ring (bicyclic) bond motifs is 1. The maximum atomic E-state index is 12.4. The average molecular weight is 327 g/mol. The van der Waals surface area contributed by atoms with Gasteiger partial charge >= 0.3 is 0 Å². The molecule has 0 radical (unpaired) electrons. The summed E-state index contributed by atoms with van der Waals surface area (Å²) in [4.78, 5) is 23.5. The summed E-state index contributed by atoms with van der Waals surface area (Å²) in [5, 5.41) is 4.58. The van der Waals surface area contributed by atoms with E-state index in [-0.39, 0.29) is 11.6 Å². The lowest BCUT2D eigenvalue weighted by Gasteiger charge is -2.25. The van der Waals surface area contributed by atoms with Gasteiger partial charge in [0.15, 0.2) is 0 Å². The van der Waals surface area contributed by atoms with Crippen molar-refractivity contribution in [3.63, 3.8) is 0 Å². The molecule has 4 heterocycles. The predicted molar refractivity (Wildman–Crippen MR) is 89.0 cm³/mol. The monoisotopic (exact) mass is 327 g/mol. The molecule has 1 unspecified atom stereocenters. The van der Waals surface area contributed by atoms with Gasteiger partial charge in [0.05, 0.1) is 31.5 Å². The quantitative estimate of drug-likeness (QED) is 0.840. The van der Waals surface area contributed by atoms with Crippen molar-refractivity contribution in [2.75, 3.05) is 18.1 Å². The zero-order valence-corrected chi connectivity index (χ0v) is 13.8. The van der Waals surface area contributed by atoms with Gasteiger partial charge in [-0.3, -0.25) is 4.79 Å². The first-order chi connectivity index (χ1) is 11.7. The van der Waals surface area contributed by atoms with E-state index in [9.17, 15) is 4.79 Å². The molecule has 2 aromatic rings. The maximum Gasteiger partial charge on any atom is 0.267 e. The molecule has 126 valence electrons. The molecule has 2 aliphatic rings. The summed E-state index contributed by atoms with van der Waals surface area (Å²) in [7, 11) is 0. The molecule has 2 aromatic heterocycles. The maximum absolute atomic E-state index is 12.4. The molecule has 1 saturated heterocycles. The standard InChI is InChI=1S/C17H21N5O2/c1-12-4-6-18-17(19-12)21-7-2-3-14(21)10-22-16(23)9-13-11-24-8-5-15(13)20-22/h4,6,9,14H,2-3,5,7-8,10-11H2,1H3. The molecule has 0 bridgehead atoms. The van der Waals surface area contributed by atoms with Crippen molar-refractivity contribution in [2.24, 2.45) is 0 Å². The summed E-state index contributed by atoms with van der Waals surface area (Å²) in [6.07, 6.45) is 4.66. The van der Waals surface area contributed by atoms with Crippen molar-refractivity contribution in [3.8, 4) is 0 Å². The number of anilines is 1. The predicted octanol–water partition coefficient (Wildman–Crippen LogP) is 1.08. The first kappa shape index (κ1) is 15.3. The van der Waals surface area contributed by atoms with Crippen LogP contribution in [-0.2, 0) is 24.3 Å². The number of aromatic nitrogens is 4. The SMILES string of the molecule is Cc1ccnc(N2CCCC2Cn2nc3c(cc2=O)COCC3)n1. The van der Waals surface area contributed by atoms with Crippen LogP contribution in [0.1, 0.15) is 29.8 Å². The normalized spacial score (nSPS) is 20.2. The number of hydrogen-bond acceptors (Lipinski definition) is 6. The van der Waals surface area contributed by atoms with Crippen LogP contribution < -0.4 is 10.5 Å². The zero-order chi connectivity index (χ0) is 16.5. The average Bonchev–Trinajstić information content (AvgIpc) is 3.04. The van der Waals surface area contributed by atoms with E-state index in [0.29, 0.717) is 19.8 Å². The fourth-order valence-electron chi connectivity index (χ4n) is 3.45. The smallest absolute Gasteiger partial charge is 0.267 e. The molecule has 7 nitrogen and oxygen atoms in total. The molecule has 0 saturated carbocycles. The van der Waals surface area contributed by atoms with Crippen molar-refractivity contribution in [3.05, 3.63) is 45.6 Å². The van der Waals surface area contributed by atoms with E-state index in [4.69, 9.17) is 4.74 Å². The van der Waals surface area contributed by atoms with Crippen LogP contribution in [0.4, 0.5) is 5.95 Å². The van der Waals surface area contributed by atoms with Crippen LogP contribution in [0.3, 0.4) is 0 Å². The van der Waals surface area contributed by atoms with Gasteiger partial charge in [0.25, 0.3) is 5.56 Å². The van der Waals surface area contributed by atoms with Crippen molar-refractivity contribution >= 4 is 5.95 Å². The number of nitrogens with zero attached hydrogens (tertiary/aromatic N) is 5. The summed E-state index contributed by atoms with van der Waals surface area (Å²) in [5.74, 6) is 0.747. The van der Waals surface area contributed by atoms with Crippen LogP contribution in [-0.4, -0.2) is 38.9 Å². The van der Waals surface area contributed by atoms with Gasteiger partial charge in [0.1, 0.15) is 0 Å². The van der Waals surface area contributed by atoms with Crippen molar-refractivity contribution in [1.29, 1.82) is 0 Å². The van der Waals surface area contributed by atoms with Crippen LogP contribution in [0.25, 0.3) is 0 Å². The molecule has 1 fully saturated rings. The Morgan fingerprint density at radius 2 is 2.33 bits per heavy atom. The van der Waals surface area contributed by atoms with E-state index in [1.54, 1.807) is 16.9 Å². The molecule has 24 heavy (non-hydrogen) atoms. The highest BCUT2D eigenvalue weighted by atomic mass is 16.5. The largest absolute Gasteiger partial charge is 0.376 e. The fourth-order valence-corrected chi connectivity index (χ4v) is 3.45. The molecule has 0 aliphatic carbocycles. The third-order valence-corrected chi connectivity index (χ3v) is 4.70. The highest BCUT2D eigenvalue weighted by Gasteiger charge is 2.28. The van der Waals surface area contributed by atoms with Crippen LogP contribution >= 0.6 is 0 Å². The zero-order valence-electron chi connectivity index (χ0n) is 13.8. The van der Waals surface area contributed by atoms with Crippen LogP contribution in [0.15, 0.2) is 23.1 Å². The molecule has 1 atom stereocenters. The van der Waals surface area contributed by atoms with E-state index in [1.165, 1.54) is 0 Å². The molecule has 4 rings (SSSR count). The number of rotatable bonds is 3. The number of ether oxygens (including phenoxy) is 1. The minimum Gasteiger partial charge on any atom is -0.376 e. The lowest BCUT2D eigenvalue weighted by atomic mass is 10.1. The third kappa shape index (κ3) is 2.91. The lowest BCUT2D eigenvalue weighted by molar-refractivity contribution is 0.108. The highest BCUT2D eigenvalue weighted by molar-refractivity contribution is 5.33. The van der Waals surface area contributed by atoms with E-state index in [2.05, 4.69) is 20.0 Å². The number of hydrogen-bond donors (Lipinski definition) is 0. The molecule has 7 heteroatoms. The van der Waals surface area contributed by atoms with Gasteiger partial charge in [-0.15, -0.1) is 0 Å². The fraction of sp³-hybridized carbons (Fsp3) is 0.529. The lowest BCUT2D eigenvalue weighted by Crippen LogP contribution is -2.38. The van der Waals surface area contributed by atoms with Gasteiger partial charge in [-0.05, 0) is 25.8 Å². The van der Waals surface area contributed by atoms with Gasteiger partial charge in [-0.1, -0.05) is 0 Å². The first-order valence-corrected chi connectivity index (χ1v) is 8.44. The second kappa shape index (κ2) is 6.32. The van der Waals surface area contributed by atoms with Crippen LogP contribution in [0, 0.1) is 6.92 Å². The Hall–Kier alpha value is -2.28. The Bertz CT molecular complexity index is 804. The third-order valence-electron chi connectivity index (χ3n) is 4.70. The molecular weight excluding hydrogens is 306 g/mol. The molecule has 0 aromatic carbocycles. The molecule has 0 amide bonds. The summed E-state index contributed by atoms with van der Waals surface area (Å²) >= 11 is 0. The van der Waals surface area contributed by atoms with E-state index in [1.807, 2.05) is 13.0 Å². The van der Waals surface area contributed by atoms with Gasteiger partial charge < -0.3 is 9.64 Å². The minimum absolute atomic E-state index is 0.0590. The summed E-state index contributed by atoms with van der Waals surface area (Å²) in [6.45, 7) is 4.62. The van der Waals surface area contributed by atoms with Gasteiger partial charge in [0.2, 0.25) is 5.95 Å². The molecule has 0 N–H and O–H groups in total. The first-order valence-electron chi connectivity index (χ1n) is 8.44. The Kier molecular flexibility index (Phi) is 4.02. The molecule has 0 spiro atoms. The molecular formula is C17H21N5O2. The summed E-state index contributed by atoms with van der Waals surface area (Å²) < 4.78 is 7.00. The minimum atomic E-state index is -0.0590. The topological polar surface area (TPSA) is 73.1 Å². The van der Waals surface area contributed by atoms with E-state index in [0.717, 1.165) is 48.7 Å². The Labute approximate surface area is 140 Å². The van der Waals surface area contributed by atoms with Crippen LogP contribution in [0.5, 0.6) is 0 Å². The van der Waals surface area contributed by atoms with E-state index < -0.39 is 0 Å². The van der Waals surface area contributed by atoms with Crippen molar-refractivity contribution in [1.82, 2.24) is 19.7 Å². The Balaban J connectivity index is 1.59. The highest BCUT2D eigenvalue weighted by Crippen LogP contribution is 2.23. The summed E-state index contributed by atoms with van der Waals surface area (Å²) in [6, 6.07) is 3.77. The Morgan fingerprint density at radius 1 is 1.42 bits per heavy atom. The second-order valence-corrected chi connectivity index (χ2v) is 6.43. The second-order valence-electron chi connectivity index (χ2n) is 6.43. The van der Waals surface area contributed by atoms with Crippen LogP contribution in [0.2, 0.25) is 0 Å². The summed E-state index contributed by atoms with van der Waals surface area (Å²) in [5.41, 5.74) is 2.80. The van der Waals surface area contributed by atoms with E-state index >= 15 is 0 Å². The van der Waals surface area contributed by atoms with Crippen molar-refractivity contribution < 1.29 is 4.74 Å². The molecule has 2 aliphatic heterocycles.